The number of anilines is 1. The first-order valence-corrected chi connectivity index (χ1v) is 8.36. The maximum atomic E-state index is 11.9. The third-order valence-corrected chi connectivity index (χ3v) is 4.64. The Kier molecular flexibility index (Phi) is 5.37. The summed E-state index contributed by atoms with van der Waals surface area (Å²) in [5.74, 6) is -1.38. The summed E-state index contributed by atoms with van der Waals surface area (Å²) in [6.45, 7) is 1.11. The average molecular weight is 352 g/mol. The van der Waals surface area contributed by atoms with Crippen molar-refractivity contribution in [1.82, 2.24) is 4.72 Å². The molecule has 0 saturated heterocycles. The van der Waals surface area contributed by atoms with E-state index in [1.165, 1.54) is 31.5 Å². The second-order valence-corrected chi connectivity index (χ2v) is 6.64. The number of ether oxygens (including phenoxy) is 1. The van der Waals surface area contributed by atoms with Crippen LogP contribution in [0, 0.1) is 6.92 Å². The molecular weight excluding hydrogens is 336 g/mol. The Balaban J connectivity index is 2.02. The summed E-state index contributed by atoms with van der Waals surface area (Å²) in [4.78, 5) is 23.4. The van der Waals surface area contributed by atoms with Gasteiger partial charge in [0.2, 0.25) is 15.8 Å². The predicted molar refractivity (Wildman–Crippen MR) is 85.0 cm³/mol. The Morgan fingerprint density at radius 2 is 2.00 bits per heavy atom. The number of hydrogen-bond acceptors (Lipinski definition) is 6. The van der Waals surface area contributed by atoms with Crippen LogP contribution in [-0.4, -0.2) is 33.9 Å². The maximum Gasteiger partial charge on any atom is 0.374 e. The van der Waals surface area contributed by atoms with Crippen molar-refractivity contribution in [1.29, 1.82) is 0 Å². The van der Waals surface area contributed by atoms with Crippen LogP contribution in [0.4, 0.5) is 5.69 Å². The number of carbonyl (C=O) groups is 2. The van der Waals surface area contributed by atoms with E-state index in [4.69, 9.17) is 9.15 Å². The molecule has 9 heteroatoms. The van der Waals surface area contributed by atoms with Gasteiger partial charge in [-0.2, -0.15) is 0 Å². The number of sulfonamides is 1. The van der Waals surface area contributed by atoms with Crippen LogP contribution >= 0.6 is 0 Å². The number of rotatable bonds is 6. The van der Waals surface area contributed by atoms with Crippen molar-refractivity contribution in [2.24, 2.45) is 0 Å². The highest BCUT2D eigenvalue weighted by Gasteiger charge is 2.17. The maximum absolute atomic E-state index is 11.9. The number of nitrogens with one attached hydrogen (secondary N) is 2. The molecule has 2 aromatic rings. The molecule has 1 aromatic carbocycles. The standard InChI is InChI=1S/C15H16N2O6S/c1-10-5-6-11(8-13(10)24(20,21)16-2)17-14(18)9-23-15(19)12-4-3-7-22-12/h3-8,16H,9H2,1-2H3,(H,17,18). The molecule has 0 spiro atoms. The lowest BCUT2D eigenvalue weighted by atomic mass is 10.2. The second-order valence-electron chi connectivity index (χ2n) is 4.79. The zero-order valence-corrected chi connectivity index (χ0v) is 13.8. The Labute approximate surface area is 138 Å². The molecule has 128 valence electrons. The van der Waals surface area contributed by atoms with E-state index in [0.717, 1.165) is 0 Å². The van der Waals surface area contributed by atoms with Crippen molar-refractivity contribution in [3.05, 3.63) is 47.9 Å². The Morgan fingerprint density at radius 3 is 2.62 bits per heavy atom. The fourth-order valence-electron chi connectivity index (χ4n) is 1.87. The molecule has 24 heavy (non-hydrogen) atoms. The van der Waals surface area contributed by atoms with Gasteiger partial charge in [0.1, 0.15) is 0 Å². The SMILES string of the molecule is CNS(=O)(=O)c1cc(NC(=O)COC(=O)c2ccco2)ccc1C. The van der Waals surface area contributed by atoms with Gasteiger partial charge in [0, 0.05) is 5.69 Å². The smallest absolute Gasteiger partial charge is 0.374 e. The van der Waals surface area contributed by atoms with Gasteiger partial charge in [-0.05, 0) is 43.8 Å². The van der Waals surface area contributed by atoms with Crippen LogP contribution in [0.15, 0.2) is 45.9 Å². The van der Waals surface area contributed by atoms with E-state index in [1.807, 2.05) is 0 Å². The first-order valence-electron chi connectivity index (χ1n) is 6.88. The van der Waals surface area contributed by atoms with Crippen molar-refractivity contribution in [2.45, 2.75) is 11.8 Å². The lowest BCUT2D eigenvalue weighted by Crippen LogP contribution is -2.22. The zero-order valence-electron chi connectivity index (χ0n) is 13.0. The lowest BCUT2D eigenvalue weighted by Gasteiger charge is -2.10. The van der Waals surface area contributed by atoms with Gasteiger partial charge in [0.25, 0.3) is 5.91 Å². The van der Waals surface area contributed by atoms with Gasteiger partial charge in [-0.15, -0.1) is 0 Å². The molecule has 0 saturated carbocycles. The van der Waals surface area contributed by atoms with Crippen LogP contribution in [0.1, 0.15) is 16.1 Å². The van der Waals surface area contributed by atoms with Crippen LogP contribution in [0.25, 0.3) is 0 Å². The molecule has 0 aliphatic rings. The van der Waals surface area contributed by atoms with E-state index in [2.05, 4.69) is 10.0 Å². The van der Waals surface area contributed by atoms with Crippen LogP contribution in [0.5, 0.6) is 0 Å². The highest BCUT2D eigenvalue weighted by atomic mass is 32.2. The number of aryl methyl sites for hydroxylation is 1. The van der Waals surface area contributed by atoms with Crippen molar-refractivity contribution >= 4 is 27.6 Å². The van der Waals surface area contributed by atoms with E-state index in [1.54, 1.807) is 19.1 Å². The number of hydrogen-bond donors (Lipinski definition) is 2. The van der Waals surface area contributed by atoms with Crippen LogP contribution < -0.4 is 10.0 Å². The van der Waals surface area contributed by atoms with Crippen molar-refractivity contribution < 1.29 is 27.2 Å². The van der Waals surface area contributed by atoms with E-state index < -0.39 is 28.5 Å². The van der Waals surface area contributed by atoms with Gasteiger partial charge in [-0.25, -0.2) is 17.9 Å². The number of carbonyl (C=O) groups excluding carboxylic acids is 2. The molecule has 0 radical (unpaired) electrons. The molecule has 1 amide bonds. The minimum absolute atomic E-state index is 0.0134. The predicted octanol–water partition coefficient (Wildman–Crippen LogP) is 1.29. The molecule has 0 aliphatic carbocycles. The first kappa shape index (κ1) is 17.7. The summed E-state index contributed by atoms with van der Waals surface area (Å²) < 4.78 is 35.7. The Bertz CT molecular complexity index is 843. The number of amides is 1. The topological polar surface area (TPSA) is 115 Å². The van der Waals surface area contributed by atoms with Crippen molar-refractivity contribution in [2.75, 3.05) is 19.0 Å². The summed E-state index contributed by atoms with van der Waals surface area (Å²) in [5, 5.41) is 2.47. The molecule has 1 aromatic heterocycles. The average Bonchev–Trinajstić information content (AvgIpc) is 3.09. The van der Waals surface area contributed by atoms with Gasteiger partial charge in [-0.1, -0.05) is 6.07 Å². The van der Waals surface area contributed by atoms with Crippen molar-refractivity contribution in [3.8, 4) is 0 Å². The Hall–Kier alpha value is -2.65. The third kappa shape index (κ3) is 4.21. The molecule has 0 aliphatic heterocycles. The molecule has 2 N–H and O–H groups in total. The van der Waals surface area contributed by atoms with E-state index in [9.17, 15) is 18.0 Å². The monoisotopic (exact) mass is 352 g/mol. The van der Waals surface area contributed by atoms with Gasteiger partial charge in [0.05, 0.1) is 11.2 Å². The van der Waals surface area contributed by atoms with Crippen LogP contribution in [0.2, 0.25) is 0 Å². The molecule has 1 heterocycles. The van der Waals surface area contributed by atoms with Gasteiger partial charge >= 0.3 is 5.97 Å². The van der Waals surface area contributed by atoms with Crippen molar-refractivity contribution in [3.63, 3.8) is 0 Å². The molecule has 0 bridgehead atoms. The summed E-state index contributed by atoms with van der Waals surface area (Å²) >= 11 is 0. The van der Waals surface area contributed by atoms with E-state index in [0.29, 0.717) is 5.56 Å². The molecule has 0 unspecified atom stereocenters. The molecule has 2 rings (SSSR count). The molecule has 0 atom stereocenters. The number of furan rings is 1. The van der Waals surface area contributed by atoms with Crippen LogP contribution in [0.3, 0.4) is 0 Å². The molecular formula is C15H16N2O6S. The van der Waals surface area contributed by atoms with Crippen LogP contribution in [-0.2, 0) is 19.6 Å². The quantitative estimate of drug-likeness (QED) is 0.757. The molecule has 8 nitrogen and oxygen atoms in total. The number of benzene rings is 1. The van der Waals surface area contributed by atoms with E-state index >= 15 is 0 Å². The lowest BCUT2D eigenvalue weighted by molar-refractivity contribution is -0.119. The summed E-state index contributed by atoms with van der Waals surface area (Å²) in [5.41, 5.74) is 0.806. The minimum Gasteiger partial charge on any atom is -0.457 e. The number of esters is 1. The van der Waals surface area contributed by atoms with Gasteiger partial charge in [0.15, 0.2) is 6.61 Å². The largest absolute Gasteiger partial charge is 0.457 e. The summed E-state index contributed by atoms with van der Waals surface area (Å²) in [6.07, 6.45) is 1.31. The molecule has 0 fully saturated rings. The highest BCUT2D eigenvalue weighted by Crippen LogP contribution is 2.19. The summed E-state index contributed by atoms with van der Waals surface area (Å²) in [6, 6.07) is 7.38. The fourth-order valence-corrected chi connectivity index (χ4v) is 2.87. The second kappa shape index (κ2) is 7.28. The van der Waals surface area contributed by atoms with Gasteiger partial charge in [-0.3, -0.25) is 4.79 Å². The van der Waals surface area contributed by atoms with Gasteiger partial charge < -0.3 is 14.5 Å². The van der Waals surface area contributed by atoms with E-state index in [-0.39, 0.29) is 16.3 Å². The summed E-state index contributed by atoms with van der Waals surface area (Å²) in [7, 11) is -2.34. The highest BCUT2D eigenvalue weighted by molar-refractivity contribution is 7.89. The minimum atomic E-state index is -3.64. The fraction of sp³-hybridized carbons (Fsp3) is 0.200. The Morgan fingerprint density at radius 1 is 1.25 bits per heavy atom. The normalized spacial score (nSPS) is 11.1. The first-order chi connectivity index (χ1) is 11.3. The third-order valence-electron chi connectivity index (χ3n) is 3.09. The zero-order chi connectivity index (χ0) is 17.7.